The molecule has 0 aromatic heterocycles. The number of carbonyl (C=O) groups is 1. The summed E-state index contributed by atoms with van der Waals surface area (Å²) < 4.78 is 5.30. The predicted molar refractivity (Wildman–Crippen MR) is 85.4 cm³/mol. The van der Waals surface area contributed by atoms with Crippen molar-refractivity contribution in [2.45, 2.75) is 6.42 Å². The average Bonchev–Trinajstić information content (AvgIpc) is 2.51. The van der Waals surface area contributed by atoms with Crippen molar-refractivity contribution in [1.82, 2.24) is 10.2 Å². The molecule has 4 nitrogen and oxygen atoms in total. The minimum atomic E-state index is -0.0723. The quantitative estimate of drug-likeness (QED) is 0.647. The zero-order valence-electron chi connectivity index (χ0n) is 12.1. The van der Waals surface area contributed by atoms with Crippen LogP contribution in [-0.4, -0.2) is 50.2 Å². The number of nitrogens with one attached hydrogen (secondary N) is 1. The third kappa shape index (κ3) is 6.29. The van der Waals surface area contributed by atoms with Crippen LogP contribution >= 0.6 is 11.6 Å². The Morgan fingerprint density at radius 2 is 2.19 bits per heavy atom. The molecule has 0 spiro atoms. The van der Waals surface area contributed by atoms with Gasteiger partial charge >= 0.3 is 0 Å². The number of hydrogen-bond acceptors (Lipinski definition) is 3. The van der Waals surface area contributed by atoms with Crippen molar-refractivity contribution < 1.29 is 9.53 Å². The monoisotopic (exact) mass is 308 g/mol. The van der Waals surface area contributed by atoms with E-state index in [4.69, 9.17) is 16.3 Å². The van der Waals surface area contributed by atoms with Crippen molar-refractivity contribution in [3.8, 4) is 0 Å². The van der Waals surface area contributed by atoms with Gasteiger partial charge in [0.05, 0.1) is 13.2 Å². The lowest BCUT2D eigenvalue weighted by Crippen LogP contribution is -2.38. The van der Waals surface area contributed by atoms with E-state index in [1.807, 2.05) is 24.3 Å². The number of ether oxygens (including phenoxy) is 1. The Hall–Kier alpha value is -1.36. The average molecular weight is 309 g/mol. The molecule has 0 radical (unpaired) electrons. The van der Waals surface area contributed by atoms with Gasteiger partial charge in [-0.25, -0.2) is 0 Å². The molecule has 0 aliphatic carbocycles. The molecule has 21 heavy (non-hydrogen) atoms. The molecule has 1 aliphatic heterocycles. The van der Waals surface area contributed by atoms with Crippen molar-refractivity contribution in [2.24, 2.45) is 0 Å². The number of carbonyl (C=O) groups excluding carboxylic acids is 1. The van der Waals surface area contributed by atoms with E-state index in [9.17, 15) is 4.79 Å². The highest BCUT2D eigenvalue weighted by molar-refractivity contribution is 6.30. The van der Waals surface area contributed by atoms with Gasteiger partial charge in [-0.15, -0.1) is 0 Å². The zero-order chi connectivity index (χ0) is 14.9. The molecular weight excluding hydrogens is 288 g/mol. The molecule has 114 valence electrons. The number of amides is 1. The first-order chi connectivity index (χ1) is 10.2. The number of rotatable bonds is 6. The molecule has 1 saturated heterocycles. The fraction of sp³-hybridized carbons (Fsp3) is 0.438. The van der Waals surface area contributed by atoms with Crippen molar-refractivity contribution in [3.05, 3.63) is 40.9 Å². The van der Waals surface area contributed by atoms with Gasteiger partial charge in [0.25, 0.3) is 0 Å². The van der Waals surface area contributed by atoms with Crippen LogP contribution < -0.4 is 5.32 Å². The molecule has 2 rings (SSSR count). The topological polar surface area (TPSA) is 41.6 Å². The summed E-state index contributed by atoms with van der Waals surface area (Å²) in [7, 11) is 0. The Kier molecular flexibility index (Phi) is 6.73. The van der Waals surface area contributed by atoms with E-state index >= 15 is 0 Å². The molecule has 5 heteroatoms. The van der Waals surface area contributed by atoms with E-state index in [0.717, 1.165) is 44.8 Å². The van der Waals surface area contributed by atoms with Gasteiger partial charge in [0, 0.05) is 30.7 Å². The molecule has 1 N–H and O–H groups in total. The lowest BCUT2D eigenvalue weighted by molar-refractivity contribution is -0.116. The Morgan fingerprint density at radius 1 is 1.38 bits per heavy atom. The lowest BCUT2D eigenvalue weighted by atomic mass is 10.2. The maximum absolute atomic E-state index is 11.7. The summed E-state index contributed by atoms with van der Waals surface area (Å²) in [5.41, 5.74) is 0.922. The van der Waals surface area contributed by atoms with Gasteiger partial charge in [-0.05, 0) is 36.7 Å². The highest BCUT2D eigenvalue weighted by atomic mass is 35.5. The summed E-state index contributed by atoms with van der Waals surface area (Å²) in [5, 5.41) is 3.56. The van der Waals surface area contributed by atoms with Crippen LogP contribution in [0.3, 0.4) is 0 Å². The first kappa shape index (κ1) is 16.0. The van der Waals surface area contributed by atoms with Gasteiger partial charge < -0.3 is 10.1 Å². The minimum absolute atomic E-state index is 0.0723. The van der Waals surface area contributed by atoms with Crippen LogP contribution in [0.1, 0.15) is 12.0 Å². The fourth-order valence-electron chi connectivity index (χ4n) is 2.18. The molecule has 1 fully saturated rings. The van der Waals surface area contributed by atoms with Gasteiger partial charge in [0.1, 0.15) is 0 Å². The maximum atomic E-state index is 11.7. The molecule has 0 bridgehead atoms. The number of hydrogen-bond donors (Lipinski definition) is 1. The summed E-state index contributed by atoms with van der Waals surface area (Å²) in [6, 6.07) is 7.41. The first-order valence-corrected chi connectivity index (χ1v) is 7.63. The first-order valence-electron chi connectivity index (χ1n) is 7.25. The molecule has 1 aromatic carbocycles. The summed E-state index contributed by atoms with van der Waals surface area (Å²) in [4.78, 5) is 14.0. The predicted octanol–water partition coefficient (Wildman–Crippen LogP) is 2.19. The van der Waals surface area contributed by atoms with Crippen LogP contribution in [0.15, 0.2) is 30.3 Å². The fourth-order valence-corrected chi connectivity index (χ4v) is 2.38. The number of nitrogens with zero attached hydrogens (tertiary/aromatic N) is 1. The van der Waals surface area contributed by atoms with Crippen LogP contribution in [0.5, 0.6) is 0 Å². The van der Waals surface area contributed by atoms with Crippen molar-refractivity contribution in [1.29, 1.82) is 0 Å². The second kappa shape index (κ2) is 8.82. The Bertz CT molecular complexity index is 485. The third-order valence-electron chi connectivity index (χ3n) is 3.33. The SMILES string of the molecule is O=C(/C=C/c1cccc(Cl)c1)NCCCN1CCOCC1. The van der Waals surface area contributed by atoms with Crippen LogP contribution in [0, 0.1) is 0 Å². The summed E-state index contributed by atoms with van der Waals surface area (Å²) >= 11 is 5.89. The summed E-state index contributed by atoms with van der Waals surface area (Å²) in [6.45, 7) is 5.30. The number of benzene rings is 1. The molecule has 1 aliphatic rings. The normalized spacial score (nSPS) is 16.2. The highest BCUT2D eigenvalue weighted by Gasteiger charge is 2.09. The number of morpholine rings is 1. The van der Waals surface area contributed by atoms with Crippen molar-refractivity contribution in [3.63, 3.8) is 0 Å². The van der Waals surface area contributed by atoms with E-state index in [2.05, 4.69) is 10.2 Å². The van der Waals surface area contributed by atoms with Gasteiger partial charge in [-0.3, -0.25) is 9.69 Å². The molecule has 1 amide bonds. The smallest absolute Gasteiger partial charge is 0.243 e. The van der Waals surface area contributed by atoms with Gasteiger partial charge in [-0.2, -0.15) is 0 Å². The van der Waals surface area contributed by atoms with Crippen LogP contribution in [0.2, 0.25) is 5.02 Å². The lowest BCUT2D eigenvalue weighted by Gasteiger charge is -2.26. The van der Waals surface area contributed by atoms with Crippen LogP contribution in [-0.2, 0) is 9.53 Å². The molecule has 1 heterocycles. The molecule has 0 atom stereocenters. The van der Waals surface area contributed by atoms with E-state index < -0.39 is 0 Å². The minimum Gasteiger partial charge on any atom is -0.379 e. The molecule has 0 unspecified atom stereocenters. The standard InChI is InChI=1S/C16H21ClN2O2/c17-15-4-1-3-14(13-15)5-6-16(20)18-7-2-8-19-9-11-21-12-10-19/h1,3-6,13H,2,7-12H2,(H,18,20)/b6-5+. The van der Waals surface area contributed by atoms with Crippen molar-refractivity contribution >= 4 is 23.6 Å². The zero-order valence-corrected chi connectivity index (χ0v) is 12.8. The third-order valence-corrected chi connectivity index (χ3v) is 3.56. The van der Waals surface area contributed by atoms with E-state index in [-0.39, 0.29) is 5.91 Å². The largest absolute Gasteiger partial charge is 0.379 e. The Balaban J connectivity index is 1.63. The maximum Gasteiger partial charge on any atom is 0.243 e. The van der Waals surface area contributed by atoms with Gasteiger partial charge in [0.15, 0.2) is 0 Å². The summed E-state index contributed by atoms with van der Waals surface area (Å²) in [6.07, 6.45) is 4.26. The number of halogens is 1. The molecular formula is C16H21ClN2O2. The van der Waals surface area contributed by atoms with E-state index in [1.165, 1.54) is 0 Å². The summed E-state index contributed by atoms with van der Waals surface area (Å²) in [5.74, 6) is -0.0723. The highest BCUT2D eigenvalue weighted by Crippen LogP contribution is 2.11. The Morgan fingerprint density at radius 3 is 2.95 bits per heavy atom. The molecule has 1 aromatic rings. The Labute approximate surface area is 130 Å². The van der Waals surface area contributed by atoms with Crippen molar-refractivity contribution in [2.75, 3.05) is 39.4 Å². The van der Waals surface area contributed by atoms with Crippen LogP contribution in [0.25, 0.3) is 6.08 Å². The van der Waals surface area contributed by atoms with Gasteiger partial charge in [0.2, 0.25) is 5.91 Å². The van der Waals surface area contributed by atoms with E-state index in [1.54, 1.807) is 12.2 Å². The second-order valence-corrected chi connectivity index (χ2v) is 5.42. The van der Waals surface area contributed by atoms with Gasteiger partial charge in [-0.1, -0.05) is 23.7 Å². The van der Waals surface area contributed by atoms with E-state index in [0.29, 0.717) is 11.6 Å². The molecule has 0 saturated carbocycles. The van der Waals surface area contributed by atoms with Crippen LogP contribution in [0.4, 0.5) is 0 Å². The second-order valence-electron chi connectivity index (χ2n) is 4.99.